The fourth-order valence-corrected chi connectivity index (χ4v) is 4.11. The van der Waals surface area contributed by atoms with E-state index in [-0.39, 0.29) is 28.3 Å². The molecule has 1 aliphatic rings. The average Bonchev–Trinajstić information content (AvgIpc) is 3.08. The molecule has 0 aliphatic carbocycles. The zero-order valence-electron chi connectivity index (χ0n) is 17.5. The molecule has 0 saturated heterocycles. The maximum atomic E-state index is 13.5. The van der Waals surface area contributed by atoms with Crippen LogP contribution in [-0.4, -0.2) is 22.6 Å². The average molecular weight is 428 g/mol. The van der Waals surface area contributed by atoms with Crippen LogP contribution in [0.2, 0.25) is 0 Å². The molecule has 7 heteroatoms. The van der Waals surface area contributed by atoms with Crippen LogP contribution in [0.15, 0.2) is 69.9 Å². The van der Waals surface area contributed by atoms with Crippen LogP contribution < -0.4 is 15.1 Å². The predicted octanol–water partition coefficient (Wildman–Crippen LogP) is 4.35. The monoisotopic (exact) mass is 428 g/mol. The Balaban J connectivity index is 1.80. The maximum absolute atomic E-state index is 13.5. The summed E-state index contributed by atoms with van der Waals surface area (Å²) in [5, 5.41) is 10.6. The van der Waals surface area contributed by atoms with E-state index in [0.717, 1.165) is 5.69 Å². The van der Waals surface area contributed by atoms with Gasteiger partial charge in [0.2, 0.25) is 5.76 Å². The molecule has 1 amide bonds. The number of nitrogens with zero attached hydrogens (tertiary/aromatic N) is 2. The standard InChI is InChI=1S/C25H20N2O5/c1-3-31-19-13-15(11-12-17(19)28)22-21-23(29)16-8-4-5-9-18(16)32-24(21)25(30)27(22)20-10-6-7-14(2)26-20/h4-13,22,28H,3H2,1-2H3. The van der Waals surface area contributed by atoms with Crippen molar-refractivity contribution in [1.82, 2.24) is 4.98 Å². The van der Waals surface area contributed by atoms with E-state index in [1.54, 1.807) is 48.5 Å². The minimum Gasteiger partial charge on any atom is -0.504 e. The number of carbonyl (C=O) groups excluding carboxylic acids is 1. The molecule has 2 aromatic heterocycles. The smallest absolute Gasteiger partial charge is 0.296 e. The number of pyridine rings is 1. The minimum atomic E-state index is -0.785. The summed E-state index contributed by atoms with van der Waals surface area (Å²) in [5.74, 6) is 0.199. The summed E-state index contributed by atoms with van der Waals surface area (Å²) in [6, 6.07) is 16.2. The van der Waals surface area contributed by atoms with Gasteiger partial charge in [-0.2, -0.15) is 0 Å². The Morgan fingerprint density at radius 1 is 1.09 bits per heavy atom. The molecule has 2 aromatic carbocycles. The van der Waals surface area contributed by atoms with Gasteiger partial charge in [-0.15, -0.1) is 0 Å². The first-order valence-electron chi connectivity index (χ1n) is 10.3. The largest absolute Gasteiger partial charge is 0.504 e. The highest BCUT2D eigenvalue weighted by molar-refractivity contribution is 6.10. The third-order valence-corrected chi connectivity index (χ3v) is 5.50. The molecule has 1 aliphatic heterocycles. The fourth-order valence-electron chi connectivity index (χ4n) is 4.11. The first-order chi connectivity index (χ1) is 15.5. The number of phenolic OH excluding ortho intramolecular Hbond substituents is 1. The fraction of sp³-hybridized carbons (Fsp3) is 0.160. The molecule has 4 aromatic rings. The van der Waals surface area contributed by atoms with Gasteiger partial charge in [0.15, 0.2) is 16.9 Å². The summed E-state index contributed by atoms with van der Waals surface area (Å²) < 4.78 is 11.5. The second-order valence-corrected chi connectivity index (χ2v) is 7.55. The van der Waals surface area contributed by atoms with E-state index in [1.807, 2.05) is 19.9 Å². The van der Waals surface area contributed by atoms with Crippen LogP contribution in [0.3, 0.4) is 0 Å². The topological polar surface area (TPSA) is 92.9 Å². The number of aromatic nitrogens is 1. The second kappa shape index (κ2) is 7.53. The minimum absolute atomic E-state index is 0.00644. The lowest BCUT2D eigenvalue weighted by Crippen LogP contribution is -2.30. The number of phenols is 1. The Labute approximate surface area is 183 Å². The van der Waals surface area contributed by atoms with E-state index in [1.165, 1.54) is 11.0 Å². The number of rotatable bonds is 4. The summed E-state index contributed by atoms with van der Waals surface area (Å²) in [7, 11) is 0. The zero-order chi connectivity index (χ0) is 22.4. The number of carbonyl (C=O) groups is 1. The zero-order valence-corrected chi connectivity index (χ0v) is 17.5. The van der Waals surface area contributed by atoms with E-state index >= 15 is 0 Å². The molecule has 0 radical (unpaired) electrons. The first-order valence-corrected chi connectivity index (χ1v) is 10.3. The number of fused-ring (bicyclic) bond motifs is 2. The Hall–Kier alpha value is -4.13. The molecular formula is C25H20N2O5. The van der Waals surface area contributed by atoms with Crippen molar-refractivity contribution in [3.63, 3.8) is 0 Å². The number of benzene rings is 2. The van der Waals surface area contributed by atoms with Crippen LogP contribution in [0, 0.1) is 6.92 Å². The van der Waals surface area contributed by atoms with Crippen molar-refractivity contribution in [1.29, 1.82) is 0 Å². The van der Waals surface area contributed by atoms with Gasteiger partial charge < -0.3 is 14.3 Å². The van der Waals surface area contributed by atoms with Gasteiger partial charge in [0.25, 0.3) is 5.91 Å². The highest BCUT2D eigenvalue weighted by Crippen LogP contribution is 2.42. The molecule has 0 bridgehead atoms. The van der Waals surface area contributed by atoms with Crippen molar-refractivity contribution in [2.75, 3.05) is 11.5 Å². The van der Waals surface area contributed by atoms with Gasteiger partial charge in [-0.25, -0.2) is 4.98 Å². The van der Waals surface area contributed by atoms with Gasteiger partial charge >= 0.3 is 0 Å². The number of aromatic hydroxyl groups is 1. The van der Waals surface area contributed by atoms with Crippen molar-refractivity contribution in [3.8, 4) is 11.5 Å². The molecule has 7 nitrogen and oxygen atoms in total. The van der Waals surface area contributed by atoms with E-state index in [9.17, 15) is 14.7 Å². The molecule has 5 rings (SSSR count). The van der Waals surface area contributed by atoms with Crippen molar-refractivity contribution in [3.05, 3.63) is 93.5 Å². The summed E-state index contributed by atoms with van der Waals surface area (Å²) in [4.78, 5) is 33.1. The predicted molar refractivity (Wildman–Crippen MR) is 119 cm³/mol. The van der Waals surface area contributed by atoms with Gasteiger partial charge in [-0.1, -0.05) is 24.3 Å². The molecule has 160 valence electrons. The Morgan fingerprint density at radius 2 is 1.91 bits per heavy atom. The van der Waals surface area contributed by atoms with Gasteiger partial charge in [0.1, 0.15) is 11.4 Å². The van der Waals surface area contributed by atoms with Crippen LogP contribution in [0.5, 0.6) is 11.5 Å². The maximum Gasteiger partial charge on any atom is 0.296 e. The summed E-state index contributed by atoms with van der Waals surface area (Å²) in [6.45, 7) is 4.00. The van der Waals surface area contributed by atoms with Crippen molar-refractivity contribution < 1.29 is 19.1 Å². The Kier molecular flexibility index (Phi) is 4.66. The Morgan fingerprint density at radius 3 is 2.69 bits per heavy atom. The number of hydrogen-bond acceptors (Lipinski definition) is 6. The van der Waals surface area contributed by atoms with Gasteiger partial charge in [0.05, 0.1) is 23.6 Å². The van der Waals surface area contributed by atoms with Gasteiger partial charge in [0, 0.05) is 5.69 Å². The number of ether oxygens (including phenoxy) is 1. The highest BCUT2D eigenvalue weighted by atomic mass is 16.5. The number of amides is 1. The molecule has 0 fully saturated rings. The van der Waals surface area contributed by atoms with Gasteiger partial charge in [-0.05, 0) is 55.8 Å². The summed E-state index contributed by atoms with van der Waals surface area (Å²) in [6.07, 6.45) is 0. The molecule has 32 heavy (non-hydrogen) atoms. The lowest BCUT2D eigenvalue weighted by atomic mass is 9.98. The highest BCUT2D eigenvalue weighted by Gasteiger charge is 2.44. The van der Waals surface area contributed by atoms with E-state index in [4.69, 9.17) is 9.15 Å². The quantitative estimate of drug-likeness (QED) is 0.519. The van der Waals surface area contributed by atoms with Crippen molar-refractivity contribution in [2.24, 2.45) is 0 Å². The molecule has 0 spiro atoms. The van der Waals surface area contributed by atoms with Crippen LogP contribution in [-0.2, 0) is 0 Å². The van der Waals surface area contributed by atoms with Crippen LogP contribution in [0.25, 0.3) is 11.0 Å². The van der Waals surface area contributed by atoms with Crippen LogP contribution in [0.4, 0.5) is 5.82 Å². The van der Waals surface area contributed by atoms with Crippen molar-refractivity contribution >= 4 is 22.7 Å². The Bertz CT molecular complexity index is 1430. The third kappa shape index (κ3) is 3.01. The van der Waals surface area contributed by atoms with Crippen molar-refractivity contribution in [2.45, 2.75) is 19.9 Å². The van der Waals surface area contributed by atoms with Crippen LogP contribution in [0.1, 0.15) is 40.3 Å². The second-order valence-electron chi connectivity index (χ2n) is 7.55. The molecule has 1 unspecified atom stereocenters. The normalized spacial score (nSPS) is 15.2. The lowest BCUT2D eigenvalue weighted by Gasteiger charge is -2.25. The SMILES string of the molecule is CCOc1cc(C2c3c(oc4ccccc4c3=O)C(=O)N2c2cccc(C)n2)ccc1O. The number of para-hydroxylation sites is 1. The number of aryl methyl sites for hydroxylation is 1. The molecule has 3 heterocycles. The molecule has 1 atom stereocenters. The third-order valence-electron chi connectivity index (χ3n) is 5.50. The van der Waals surface area contributed by atoms with Gasteiger partial charge in [-0.3, -0.25) is 14.5 Å². The van der Waals surface area contributed by atoms with E-state index in [2.05, 4.69) is 4.98 Å². The number of anilines is 1. The summed E-state index contributed by atoms with van der Waals surface area (Å²) >= 11 is 0. The molecular weight excluding hydrogens is 408 g/mol. The van der Waals surface area contributed by atoms with E-state index in [0.29, 0.717) is 29.0 Å². The number of hydrogen-bond donors (Lipinski definition) is 1. The summed E-state index contributed by atoms with van der Waals surface area (Å²) in [5.41, 5.74) is 1.65. The molecule has 0 saturated carbocycles. The van der Waals surface area contributed by atoms with E-state index < -0.39 is 11.9 Å². The van der Waals surface area contributed by atoms with Crippen LogP contribution >= 0.6 is 0 Å². The lowest BCUT2D eigenvalue weighted by molar-refractivity contribution is 0.0970. The molecule has 1 N–H and O–H groups in total. The first kappa shape index (κ1) is 19.8.